The summed E-state index contributed by atoms with van der Waals surface area (Å²) in [6.07, 6.45) is 2.32. The highest BCUT2D eigenvalue weighted by molar-refractivity contribution is 5.83. The molecule has 2 atom stereocenters. The van der Waals surface area contributed by atoms with Gasteiger partial charge in [0.05, 0.1) is 0 Å². The molecule has 2 unspecified atom stereocenters. The van der Waals surface area contributed by atoms with E-state index in [1.54, 1.807) is 12.1 Å². The number of aromatic amines is 1. The van der Waals surface area contributed by atoms with Gasteiger partial charge in [-0.05, 0) is 42.9 Å². The first-order valence-electron chi connectivity index (χ1n) is 8.21. The number of carbonyl (C=O) groups is 1. The molecular formula is C17H18FN3O3. The zero-order valence-electron chi connectivity index (χ0n) is 13.1. The fraction of sp³-hybridized carbons (Fsp3) is 0.471. The molecule has 1 saturated heterocycles. The smallest absolute Gasteiger partial charge is 0.392 e. The third-order valence-electron chi connectivity index (χ3n) is 5.02. The molecule has 1 aliphatic heterocycles. The van der Waals surface area contributed by atoms with E-state index in [0.717, 1.165) is 24.8 Å². The van der Waals surface area contributed by atoms with Gasteiger partial charge in [-0.15, -0.1) is 5.10 Å². The van der Waals surface area contributed by atoms with Crippen LogP contribution in [-0.2, 0) is 4.79 Å². The number of nitrogens with zero attached hydrogens (tertiary/aromatic N) is 2. The van der Waals surface area contributed by atoms with Crippen molar-refractivity contribution in [2.45, 2.75) is 31.1 Å². The van der Waals surface area contributed by atoms with Crippen molar-refractivity contribution >= 4 is 5.91 Å². The fourth-order valence-electron chi connectivity index (χ4n) is 3.54. The van der Waals surface area contributed by atoms with E-state index in [0.29, 0.717) is 19.0 Å². The minimum absolute atomic E-state index is 0.00956. The van der Waals surface area contributed by atoms with Crippen molar-refractivity contribution in [1.29, 1.82) is 0 Å². The van der Waals surface area contributed by atoms with Gasteiger partial charge in [-0.2, -0.15) is 0 Å². The van der Waals surface area contributed by atoms with Gasteiger partial charge in [0.2, 0.25) is 11.8 Å². The Morgan fingerprint density at radius 1 is 1.25 bits per heavy atom. The quantitative estimate of drug-likeness (QED) is 0.933. The van der Waals surface area contributed by atoms with E-state index >= 15 is 0 Å². The molecule has 1 amide bonds. The number of aromatic nitrogens is 2. The molecule has 7 heteroatoms. The van der Waals surface area contributed by atoms with Crippen molar-refractivity contribution < 1.29 is 13.6 Å². The molecule has 2 aromatic rings. The number of hydrogen-bond acceptors (Lipinski definition) is 4. The summed E-state index contributed by atoms with van der Waals surface area (Å²) in [5.41, 5.74) is 1.03. The number of carbonyl (C=O) groups excluding carboxylic acids is 1. The summed E-state index contributed by atoms with van der Waals surface area (Å²) in [6.45, 7) is 1.29. The second-order valence-corrected chi connectivity index (χ2v) is 6.55. The minimum atomic E-state index is -0.538. The number of likely N-dealkylation sites (tertiary alicyclic amines) is 1. The highest BCUT2D eigenvalue weighted by Crippen LogP contribution is 2.48. The van der Waals surface area contributed by atoms with E-state index in [-0.39, 0.29) is 29.5 Å². The maximum atomic E-state index is 13.0. The van der Waals surface area contributed by atoms with Crippen molar-refractivity contribution in [3.8, 4) is 0 Å². The van der Waals surface area contributed by atoms with Crippen LogP contribution in [0.4, 0.5) is 4.39 Å². The molecule has 2 aliphatic rings. The van der Waals surface area contributed by atoms with Crippen molar-refractivity contribution in [2.24, 2.45) is 5.92 Å². The van der Waals surface area contributed by atoms with Gasteiger partial charge in [0, 0.05) is 24.9 Å². The molecule has 2 heterocycles. The molecule has 2 fully saturated rings. The molecule has 0 radical (unpaired) electrons. The first kappa shape index (κ1) is 15.1. The van der Waals surface area contributed by atoms with Crippen LogP contribution in [0.25, 0.3) is 0 Å². The Morgan fingerprint density at radius 2 is 1.96 bits per heavy atom. The predicted octanol–water partition coefficient (Wildman–Crippen LogP) is 2.01. The largest absolute Gasteiger partial charge is 0.434 e. The molecule has 1 N–H and O–H groups in total. The van der Waals surface area contributed by atoms with Crippen molar-refractivity contribution in [3.05, 3.63) is 52.1 Å². The molecule has 0 bridgehead atoms. The number of rotatable bonds is 3. The van der Waals surface area contributed by atoms with E-state index in [9.17, 15) is 14.0 Å². The maximum absolute atomic E-state index is 13.0. The molecule has 4 rings (SSSR count). The predicted molar refractivity (Wildman–Crippen MR) is 82.9 cm³/mol. The summed E-state index contributed by atoms with van der Waals surface area (Å²) in [7, 11) is 0. The molecule has 0 spiro atoms. The summed E-state index contributed by atoms with van der Waals surface area (Å²) >= 11 is 0. The number of amides is 1. The maximum Gasteiger partial charge on any atom is 0.434 e. The molecular weight excluding hydrogens is 313 g/mol. The zero-order chi connectivity index (χ0) is 16.7. The average molecular weight is 331 g/mol. The summed E-state index contributed by atoms with van der Waals surface area (Å²) < 4.78 is 18.0. The Hall–Kier alpha value is -2.44. The van der Waals surface area contributed by atoms with Gasteiger partial charge < -0.3 is 9.32 Å². The Labute approximate surface area is 137 Å². The van der Waals surface area contributed by atoms with E-state index in [4.69, 9.17) is 4.42 Å². The van der Waals surface area contributed by atoms with Crippen LogP contribution in [0.15, 0.2) is 33.5 Å². The van der Waals surface area contributed by atoms with E-state index in [1.807, 2.05) is 4.90 Å². The monoisotopic (exact) mass is 331 g/mol. The number of piperidine rings is 1. The lowest BCUT2D eigenvalue weighted by Gasteiger charge is -2.30. The Kier molecular flexibility index (Phi) is 3.70. The molecule has 24 heavy (non-hydrogen) atoms. The number of nitrogens with one attached hydrogen (secondary N) is 1. The van der Waals surface area contributed by atoms with Crippen molar-refractivity contribution in [1.82, 2.24) is 15.1 Å². The zero-order valence-corrected chi connectivity index (χ0v) is 13.1. The van der Waals surface area contributed by atoms with Gasteiger partial charge in [-0.1, -0.05) is 12.1 Å². The summed E-state index contributed by atoms with van der Waals surface area (Å²) in [4.78, 5) is 25.5. The lowest BCUT2D eigenvalue weighted by molar-refractivity contribution is -0.133. The number of H-pyrrole nitrogens is 1. The minimum Gasteiger partial charge on any atom is -0.392 e. The molecule has 126 valence electrons. The Balaban J connectivity index is 1.34. The summed E-state index contributed by atoms with van der Waals surface area (Å²) in [6, 6.07) is 6.41. The lowest BCUT2D eigenvalue weighted by Crippen LogP contribution is -2.39. The third-order valence-corrected chi connectivity index (χ3v) is 5.02. The summed E-state index contributed by atoms with van der Waals surface area (Å²) in [5.74, 6) is 0.113. The highest BCUT2D eigenvalue weighted by Gasteiger charge is 2.46. The van der Waals surface area contributed by atoms with Crippen LogP contribution in [0.3, 0.4) is 0 Å². The van der Waals surface area contributed by atoms with E-state index in [2.05, 4.69) is 10.2 Å². The van der Waals surface area contributed by atoms with Crippen LogP contribution in [0.2, 0.25) is 0 Å². The van der Waals surface area contributed by atoms with Gasteiger partial charge in [0.15, 0.2) is 0 Å². The van der Waals surface area contributed by atoms with Gasteiger partial charge >= 0.3 is 5.76 Å². The molecule has 1 aromatic carbocycles. The van der Waals surface area contributed by atoms with E-state index < -0.39 is 5.76 Å². The second-order valence-electron chi connectivity index (χ2n) is 6.55. The van der Waals surface area contributed by atoms with Gasteiger partial charge in [-0.3, -0.25) is 4.79 Å². The van der Waals surface area contributed by atoms with Gasteiger partial charge in [-0.25, -0.2) is 14.3 Å². The molecule has 6 nitrogen and oxygen atoms in total. The topological polar surface area (TPSA) is 79.2 Å². The van der Waals surface area contributed by atoms with Crippen LogP contribution >= 0.6 is 0 Å². The van der Waals surface area contributed by atoms with Crippen LogP contribution in [0.1, 0.15) is 42.6 Å². The Bertz CT molecular complexity index is 790. The number of halogens is 1. The second kappa shape index (κ2) is 5.89. The normalized spacial score (nSPS) is 24.1. The van der Waals surface area contributed by atoms with Crippen LogP contribution in [0.5, 0.6) is 0 Å². The average Bonchev–Trinajstić information content (AvgIpc) is 3.28. The summed E-state index contributed by atoms with van der Waals surface area (Å²) in [5, 5.41) is 6.15. The van der Waals surface area contributed by atoms with E-state index in [1.165, 1.54) is 12.1 Å². The fourth-order valence-corrected chi connectivity index (χ4v) is 3.54. The van der Waals surface area contributed by atoms with Crippen molar-refractivity contribution in [2.75, 3.05) is 13.1 Å². The third kappa shape index (κ3) is 2.86. The standard InChI is InChI=1S/C17H18FN3O3/c18-12-3-1-10(2-4-12)13-9-14(13)16(22)21-7-5-11(6-8-21)15-19-20-17(23)24-15/h1-4,11,13-14H,5-9H2,(H,20,23). The van der Waals surface area contributed by atoms with Crippen LogP contribution < -0.4 is 5.76 Å². The first-order chi connectivity index (χ1) is 11.6. The molecule has 1 saturated carbocycles. The SMILES string of the molecule is O=C(C1CC1c1ccc(F)cc1)N1CCC(c2n[nH]c(=O)o2)CC1. The Morgan fingerprint density at radius 3 is 2.58 bits per heavy atom. The van der Waals surface area contributed by atoms with Gasteiger partial charge in [0.25, 0.3) is 0 Å². The lowest BCUT2D eigenvalue weighted by atomic mass is 9.96. The van der Waals surface area contributed by atoms with Crippen molar-refractivity contribution in [3.63, 3.8) is 0 Å². The first-order valence-corrected chi connectivity index (χ1v) is 8.21. The number of hydrogen-bond donors (Lipinski definition) is 1. The number of benzene rings is 1. The van der Waals surface area contributed by atoms with Crippen LogP contribution in [0, 0.1) is 11.7 Å². The molecule has 1 aliphatic carbocycles. The van der Waals surface area contributed by atoms with Crippen LogP contribution in [-0.4, -0.2) is 34.1 Å². The van der Waals surface area contributed by atoms with Gasteiger partial charge in [0.1, 0.15) is 5.82 Å². The molecule has 1 aromatic heterocycles. The highest BCUT2D eigenvalue weighted by atomic mass is 19.1.